The summed E-state index contributed by atoms with van der Waals surface area (Å²) >= 11 is 18.6. The van der Waals surface area contributed by atoms with Crippen molar-refractivity contribution in [3.05, 3.63) is 33.8 Å². The first-order valence-electron chi connectivity index (χ1n) is 6.35. The number of carbonyl (C=O) groups excluding carboxylic acids is 1. The summed E-state index contributed by atoms with van der Waals surface area (Å²) in [5.41, 5.74) is 0.835. The van der Waals surface area contributed by atoms with Crippen LogP contribution < -0.4 is 5.32 Å². The van der Waals surface area contributed by atoms with Crippen molar-refractivity contribution in [2.75, 3.05) is 14.1 Å². The maximum absolute atomic E-state index is 12.2. The van der Waals surface area contributed by atoms with Gasteiger partial charge in [0, 0.05) is 24.1 Å². The Hall–Kier alpha value is -0.490. The van der Waals surface area contributed by atoms with Gasteiger partial charge in [-0.2, -0.15) is 0 Å². The number of thioether (sulfide) groups is 1. The Morgan fingerprint density at radius 3 is 2.48 bits per heavy atom. The van der Waals surface area contributed by atoms with Crippen molar-refractivity contribution in [1.82, 2.24) is 10.2 Å². The number of nitrogens with zero attached hydrogens (tertiary/aromatic N) is 1. The molecular weight excluding hydrogens is 347 g/mol. The third-order valence-electron chi connectivity index (χ3n) is 2.80. The van der Waals surface area contributed by atoms with Crippen LogP contribution in [0.1, 0.15) is 25.5 Å². The van der Waals surface area contributed by atoms with Crippen LogP contribution in [0, 0.1) is 0 Å². The molecule has 1 rings (SSSR count). The molecule has 0 aliphatic carbocycles. The predicted octanol–water partition coefficient (Wildman–Crippen LogP) is 4.14. The van der Waals surface area contributed by atoms with Crippen molar-refractivity contribution < 1.29 is 4.79 Å². The second-order valence-electron chi connectivity index (χ2n) is 4.82. The maximum Gasteiger partial charge on any atom is 0.233 e. The number of halogens is 2. The standard InChI is InChI=1S/C14H18Cl2N2OS2/c1-8(11-6-5-10(15)7-12(11)16)17-13(19)9(2)21-14(20)18(3)4/h5-9H,1-4H3,(H,17,19)/t8-,9+/m1/s1. The van der Waals surface area contributed by atoms with E-state index < -0.39 is 0 Å². The van der Waals surface area contributed by atoms with E-state index in [1.807, 2.05) is 38.9 Å². The van der Waals surface area contributed by atoms with E-state index in [1.165, 1.54) is 11.8 Å². The molecule has 7 heteroatoms. The zero-order valence-electron chi connectivity index (χ0n) is 12.3. The quantitative estimate of drug-likeness (QED) is 0.813. The average Bonchev–Trinajstić information content (AvgIpc) is 2.37. The van der Waals surface area contributed by atoms with Gasteiger partial charge in [-0.1, -0.05) is 53.2 Å². The number of nitrogens with one attached hydrogen (secondary N) is 1. The van der Waals surface area contributed by atoms with Gasteiger partial charge in [0.15, 0.2) is 0 Å². The van der Waals surface area contributed by atoms with Crippen LogP contribution in [0.5, 0.6) is 0 Å². The van der Waals surface area contributed by atoms with Crippen LogP contribution >= 0.6 is 47.2 Å². The van der Waals surface area contributed by atoms with Gasteiger partial charge in [0.05, 0.1) is 11.3 Å². The molecule has 2 atom stereocenters. The van der Waals surface area contributed by atoms with Crippen LogP contribution in [0.15, 0.2) is 18.2 Å². The van der Waals surface area contributed by atoms with Crippen molar-refractivity contribution in [2.45, 2.75) is 25.1 Å². The first kappa shape index (κ1) is 18.6. The summed E-state index contributed by atoms with van der Waals surface area (Å²) in [5.74, 6) is -0.0808. The van der Waals surface area contributed by atoms with Gasteiger partial charge in [0.25, 0.3) is 0 Å². The molecule has 3 nitrogen and oxygen atoms in total. The molecule has 0 bridgehead atoms. The highest BCUT2D eigenvalue weighted by molar-refractivity contribution is 8.23. The smallest absolute Gasteiger partial charge is 0.233 e. The van der Waals surface area contributed by atoms with Crippen LogP contribution in [0.25, 0.3) is 0 Å². The summed E-state index contributed by atoms with van der Waals surface area (Å²) in [7, 11) is 3.71. The molecule has 0 saturated heterocycles. The molecule has 1 amide bonds. The van der Waals surface area contributed by atoms with Gasteiger partial charge in [-0.3, -0.25) is 4.79 Å². The number of amides is 1. The summed E-state index contributed by atoms with van der Waals surface area (Å²) in [5, 5.41) is 3.78. The summed E-state index contributed by atoms with van der Waals surface area (Å²) < 4.78 is 0.676. The van der Waals surface area contributed by atoms with E-state index >= 15 is 0 Å². The second-order valence-corrected chi connectivity index (χ2v) is 7.63. The normalized spacial score (nSPS) is 13.4. The minimum atomic E-state index is -0.270. The van der Waals surface area contributed by atoms with Crippen LogP contribution in [0.3, 0.4) is 0 Å². The molecule has 0 aromatic heterocycles. The molecule has 0 fully saturated rings. The lowest BCUT2D eigenvalue weighted by Gasteiger charge is -2.20. The Balaban J connectivity index is 2.67. The zero-order valence-corrected chi connectivity index (χ0v) is 15.5. The third-order valence-corrected chi connectivity index (χ3v) is 5.15. The van der Waals surface area contributed by atoms with E-state index in [4.69, 9.17) is 35.4 Å². The molecule has 0 saturated carbocycles. The Labute approximate surface area is 145 Å². The van der Waals surface area contributed by atoms with E-state index in [-0.39, 0.29) is 17.2 Å². The Morgan fingerprint density at radius 1 is 1.33 bits per heavy atom. The summed E-state index contributed by atoms with van der Waals surface area (Å²) in [6.07, 6.45) is 0. The number of carbonyl (C=O) groups is 1. The topological polar surface area (TPSA) is 32.3 Å². The van der Waals surface area contributed by atoms with Crippen LogP contribution in [-0.4, -0.2) is 34.5 Å². The van der Waals surface area contributed by atoms with Gasteiger partial charge in [-0.15, -0.1) is 0 Å². The number of benzene rings is 1. The van der Waals surface area contributed by atoms with Crippen LogP contribution in [-0.2, 0) is 4.79 Å². The molecule has 0 aliphatic heterocycles. The number of rotatable bonds is 4. The zero-order chi connectivity index (χ0) is 16.2. The van der Waals surface area contributed by atoms with Crippen molar-refractivity contribution in [3.8, 4) is 0 Å². The molecule has 1 aromatic rings. The molecule has 21 heavy (non-hydrogen) atoms. The molecule has 0 radical (unpaired) electrons. The first-order valence-corrected chi connectivity index (χ1v) is 8.40. The summed E-state index contributed by atoms with van der Waals surface area (Å²) in [4.78, 5) is 14.0. The SMILES string of the molecule is C[C@H](SC(=S)N(C)C)C(=O)N[C@H](C)c1ccc(Cl)cc1Cl. The molecule has 1 N–H and O–H groups in total. The van der Waals surface area contributed by atoms with E-state index in [1.54, 1.807) is 12.1 Å². The first-order chi connectivity index (χ1) is 9.72. The lowest BCUT2D eigenvalue weighted by Crippen LogP contribution is -2.34. The molecule has 116 valence electrons. The molecule has 1 aromatic carbocycles. The number of hydrogen-bond acceptors (Lipinski definition) is 3. The monoisotopic (exact) mass is 364 g/mol. The van der Waals surface area contributed by atoms with Crippen molar-refractivity contribution in [1.29, 1.82) is 0 Å². The number of hydrogen-bond donors (Lipinski definition) is 1. The fourth-order valence-electron chi connectivity index (χ4n) is 1.57. The predicted molar refractivity (Wildman–Crippen MR) is 96.4 cm³/mol. The van der Waals surface area contributed by atoms with Crippen molar-refractivity contribution in [3.63, 3.8) is 0 Å². The third kappa shape index (κ3) is 5.66. The lowest BCUT2D eigenvalue weighted by molar-refractivity contribution is -0.120. The fraction of sp³-hybridized carbons (Fsp3) is 0.429. The van der Waals surface area contributed by atoms with Gasteiger partial charge in [0.1, 0.15) is 4.32 Å². The van der Waals surface area contributed by atoms with Gasteiger partial charge in [0.2, 0.25) is 5.91 Å². The molecular formula is C14H18Cl2N2OS2. The Kier molecular flexibility index (Phi) is 7.27. The van der Waals surface area contributed by atoms with E-state index in [0.717, 1.165) is 5.56 Å². The molecule has 0 heterocycles. The average molecular weight is 365 g/mol. The summed E-state index contributed by atoms with van der Waals surface area (Å²) in [6.45, 7) is 3.71. The molecule has 0 spiro atoms. The van der Waals surface area contributed by atoms with Crippen molar-refractivity contribution in [2.24, 2.45) is 0 Å². The van der Waals surface area contributed by atoms with Gasteiger partial charge >= 0.3 is 0 Å². The second kappa shape index (κ2) is 8.22. The minimum Gasteiger partial charge on any atom is -0.364 e. The van der Waals surface area contributed by atoms with E-state index in [2.05, 4.69) is 5.32 Å². The van der Waals surface area contributed by atoms with Crippen LogP contribution in [0.4, 0.5) is 0 Å². The van der Waals surface area contributed by atoms with Crippen molar-refractivity contribution >= 4 is 57.4 Å². The lowest BCUT2D eigenvalue weighted by atomic mass is 10.1. The maximum atomic E-state index is 12.2. The van der Waals surface area contributed by atoms with Gasteiger partial charge in [-0.05, 0) is 31.5 Å². The highest BCUT2D eigenvalue weighted by atomic mass is 35.5. The minimum absolute atomic E-state index is 0.0808. The highest BCUT2D eigenvalue weighted by Crippen LogP contribution is 2.26. The largest absolute Gasteiger partial charge is 0.364 e. The fourth-order valence-corrected chi connectivity index (χ4v) is 3.26. The molecule has 0 aliphatic rings. The van der Waals surface area contributed by atoms with Gasteiger partial charge < -0.3 is 10.2 Å². The summed E-state index contributed by atoms with van der Waals surface area (Å²) in [6, 6.07) is 5.04. The number of thiocarbonyl (C=S) groups is 1. The van der Waals surface area contributed by atoms with E-state index in [0.29, 0.717) is 14.4 Å². The van der Waals surface area contributed by atoms with Crippen LogP contribution in [0.2, 0.25) is 10.0 Å². The highest BCUT2D eigenvalue weighted by Gasteiger charge is 2.20. The molecule has 0 unspecified atom stereocenters. The van der Waals surface area contributed by atoms with E-state index in [9.17, 15) is 4.79 Å². The Morgan fingerprint density at radius 2 is 1.95 bits per heavy atom. The van der Waals surface area contributed by atoms with Gasteiger partial charge in [-0.25, -0.2) is 0 Å². The Bertz CT molecular complexity index is 538.